The number of benzene rings is 1. The zero-order valence-corrected chi connectivity index (χ0v) is 8.79. The Kier molecular flexibility index (Phi) is 1.80. The van der Waals surface area contributed by atoms with Gasteiger partial charge in [0.15, 0.2) is 0 Å². The van der Waals surface area contributed by atoms with E-state index in [2.05, 4.69) is 10.1 Å². The van der Waals surface area contributed by atoms with Gasteiger partial charge >= 0.3 is 0 Å². The Hall–Kier alpha value is -2.17. The monoisotopic (exact) mass is 214 g/mol. The van der Waals surface area contributed by atoms with Crippen molar-refractivity contribution in [2.75, 3.05) is 0 Å². The first-order chi connectivity index (χ1) is 7.83. The number of hydrogen-bond donors (Lipinski definition) is 0. The van der Waals surface area contributed by atoms with E-state index >= 15 is 0 Å². The molecule has 0 radical (unpaired) electrons. The molecule has 16 heavy (non-hydrogen) atoms. The minimum absolute atomic E-state index is 0.0152. The number of aromatic nitrogens is 4. The van der Waals surface area contributed by atoms with Crippen molar-refractivity contribution >= 4 is 16.7 Å². The number of para-hydroxylation sites is 1. The van der Waals surface area contributed by atoms with E-state index in [1.807, 2.05) is 31.2 Å². The van der Waals surface area contributed by atoms with E-state index in [0.29, 0.717) is 17.7 Å². The number of nitrogens with zero attached hydrogens (tertiary/aromatic N) is 4. The Morgan fingerprint density at radius 3 is 2.94 bits per heavy atom. The molecule has 5 heteroatoms. The summed E-state index contributed by atoms with van der Waals surface area (Å²) in [5.41, 5.74) is 0.781. The lowest BCUT2D eigenvalue weighted by atomic mass is 10.2. The minimum Gasteiger partial charge on any atom is -0.277 e. The first-order valence-corrected chi connectivity index (χ1v) is 5.14. The first kappa shape index (κ1) is 9.08. The molecule has 0 fully saturated rings. The molecule has 0 spiro atoms. The third-order valence-corrected chi connectivity index (χ3v) is 2.70. The van der Waals surface area contributed by atoms with Gasteiger partial charge in [-0.2, -0.15) is 14.6 Å². The molecule has 0 bridgehead atoms. The largest absolute Gasteiger partial charge is 0.277 e. The number of hydrogen-bond acceptors (Lipinski definition) is 3. The summed E-state index contributed by atoms with van der Waals surface area (Å²) in [6, 6.07) is 7.43. The highest BCUT2D eigenvalue weighted by Crippen LogP contribution is 2.10. The standard InChI is InChI=1S/C11H10N4O/c1-2-14-10(16)8-5-3-4-6-9(8)15-11(14)12-7-13-15/h3-7H,2H2,1H3. The molecule has 2 heterocycles. The molecule has 0 aliphatic rings. The summed E-state index contributed by atoms with van der Waals surface area (Å²) in [5.74, 6) is 0.589. The fraction of sp³-hybridized carbons (Fsp3) is 0.182. The van der Waals surface area contributed by atoms with Gasteiger partial charge in [0.25, 0.3) is 5.56 Å². The molecule has 0 aliphatic heterocycles. The predicted molar refractivity (Wildman–Crippen MR) is 60.4 cm³/mol. The molecule has 0 amide bonds. The van der Waals surface area contributed by atoms with Gasteiger partial charge in [-0.25, -0.2) is 0 Å². The van der Waals surface area contributed by atoms with Crippen LogP contribution >= 0.6 is 0 Å². The maximum absolute atomic E-state index is 12.2. The van der Waals surface area contributed by atoms with Gasteiger partial charge in [0.2, 0.25) is 5.78 Å². The molecular formula is C11H10N4O. The summed E-state index contributed by atoms with van der Waals surface area (Å²) in [6.45, 7) is 2.51. The summed E-state index contributed by atoms with van der Waals surface area (Å²) >= 11 is 0. The van der Waals surface area contributed by atoms with Crippen LogP contribution in [-0.4, -0.2) is 19.2 Å². The molecule has 0 N–H and O–H groups in total. The van der Waals surface area contributed by atoms with Crippen LogP contribution < -0.4 is 5.56 Å². The van der Waals surface area contributed by atoms with E-state index in [1.165, 1.54) is 6.33 Å². The lowest BCUT2D eigenvalue weighted by Crippen LogP contribution is -2.22. The quantitative estimate of drug-likeness (QED) is 0.608. The van der Waals surface area contributed by atoms with Gasteiger partial charge in [-0.3, -0.25) is 9.36 Å². The van der Waals surface area contributed by atoms with E-state index in [1.54, 1.807) is 9.08 Å². The van der Waals surface area contributed by atoms with Crippen LogP contribution in [0.15, 0.2) is 35.4 Å². The van der Waals surface area contributed by atoms with Crippen molar-refractivity contribution in [3.8, 4) is 0 Å². The van der Waals surface area contributed by atoms with Crippen LogP contribution in [0.3, 0.4) is 0 Å². The van der Waals surface area contributed by atoms with E-state index < -0.39 is 0 Å². The SMILES string of the molecule is CCn1c(=O)c2ccccc2n2ncnc12. The molecule has 0 saturated heterocycles. The molecule has 1 aromatic carbocycles. The normalized spacial score (nSPS) is 11.3. The van der Waals surface area contributed by atoms with Crippen LogP contribution in [0.2, 0.25) is 0 Å². The van der Waals surface area contributed by atoms with E-state index in [-0.39, 0.29) is 5.56 Å². The average Bonchev–Trinajstić information content (AvgIpc) is 2.79. The highest BCUT2D eigenvalue weighted by atomic mass is 16.1. The van der Waals surface area contributed by atoms with Crippen molar-refractivity contribution in [3.05, 3.63) is 40.9 Å². The molecule has 3 aromatic rings. The molecule has 0 atom stereocenters. The zero-order chi connectivity index (χ0) is 11.1. The van der Waals surface area contributed by atoms with Gasteiger partial charge in [-0.1, -0.05) is 12.1 Å². The molecule has 3 rings (SSSR count). The molecule has 0 unspecified atom stereocenters. The fourth-order valence-electron chi connectivity index (χ4n) is 1.95. The summed E-state index contributed by atoms with van der Waals surface area (Å²) in [5, 5.41) is 4.81. The third kappa shape index (κ3) is 1.02. The fourth-order valence-corrected chi connectivity index (χ4v) is 1.95. The molecule has 0 aliphatic carbocycles. The maximum atomic E-state index is 12.2. The van der Waals surface area contributed by atoms with Gasteiger partial charge in [-0.15, -0.1) is 0 Å². The van der Waals surface area contributed by atoms with Gasteiger partial charge in [0.1, 0.15) is 6.33 Å². The lowest BCUT2D eigenvalue weighted by molar-refractivity contribution is 0.730. The second-order valence-corrected chi connectivity index (χ2v) is 3.54. The Morgan fingerprint density at radius 1 is 1.31 bits per heavy atom. The molecule has 0 saturated carbocycles. The van der Waals surface area contributed by atoms with E-state index in [0.717, 1.165) is 5.52 Å². The summed E-state index contributed by atoms with van der Waals surface area (Å²) < 4.78 is 3.32. The van der Waals surface area contributed by atoms with Crippen LogP contribution in [0.25, 0.3) is 16.7 Å². The van der Waals surface area contributed by atoms with Gasteiger partial charge in [-0.05, 0) is 19.1 Å². The van der Waals surface area contributed by atoms with Crippen LogP contribution in [0.4, 0.5) is 0 Å². The summed E-state index contributed by atoms with van der Waals surface area (Å²) in [6.07, 6.45) is 1.47. The second kappa shape index (κ2) is 3.16. The predicted octanol–water partition coefficient (Wildman–Crippen LogP) is 1.06. The average molecular weight is 214 g/mol. The van der Waals surface area contributed by atoms with Crippen LogP contribution in [0.1, 0.15) is 6.92 Å². The number of aryl methyl sites for hydroxylation is 1. The first-order valence-electron chi connectivity index (χ1n) is 5.14. The van der Waals surface area contributed by atoms with Crippen LogP contribution in [0, 0.1) is 0 Å². The third-order valence-electron chi connectivity index (χ3n) is 2.70. The minimum atomic E-state index is -0.0152. The van der Waals surface area contributed by atoms with Crippen molar-refractivity contribution < 1.29 is 0 Å². The van der Waals surface area contributed by atoms with Crippen LogP contribution in [-0.2, 0) is 6.54 Å². The van der Waals surface area contributed by atoms with Crippen LogP contribution in [0.5, 0.6) is 0 Å². The molecule has 5 nitrogen and oxygen atoms in total. The molecular weight excluding hydrogens is 204 g/mol. The maximum Gasteiger partial charge on any atom is 0.262 e. The Balaban J connectivity index is 2.69. The van der Waals surface area contributed by atoms with Gasteiger partial charge in [0, 0.05) is 6.54 Å². The lowest BCUT2D eigenvalue weighted by Gasteiger charge is -2.06. The summed E-state index contributed by atoms with van der Waals surface area (Å²) in [4.78, 5) is 16.3. The van der Waals surface area contributed by atoms with E-state index in [4.69, 9.17) is 0 Å². The smallest absolute Gasteiger partial charge is 0.262 e. The number of rotatable bonds is 1. The van der Waals surface area contributed by atoms with Crippen molar-refractivity contribution in [1.82, 2.24) is 19.2 Å². The molecule has 80 valence electrons. The van der Waals surface area contributed by atoms with Crippen molar-refractivity contribution in [2.45, 2.75) is 13.5 Å². The Bertz CT molecular complexity index is 726. The van der Waals surface area contributed by atoms with E-state index in [9.17, 15) is 4.79 Å². The summed E-state index contributed by atoms with van der Waals surface area (Å²) in [7, 11) is 0. The highest BCUT2D eigenvalue weighted by Gasteiger charge is 2.10. The Morgan fingerprint density at radius 2 is 2.12 bits per heavy atom. The van der Waals surface area contributed by atoms with Crippen molar-refractivity contribution in [1.29, 1.82) is 0 Å². The van der Waals surface area contributed by atoms with Crippen molar-refractivity contribution in [3.63, 3.8) is 0 Å². The van der Waals surface area contributed by atoms with Gasteiger partial charge < -0.3 is 0 Å². The Labute approximate surface area is 91.0 Å². The highest BCUT2D eigenvalue weighted by molar-refractivity contribution is 5.79. The second-order valence-electron chi connectivity index (χ2n) is 3.54. The van der Waals surface area contributed by atoms with Gasteiger partial charge in [0.05, 0.1) is 10.9 Å². The zero-order valence-electron chi connectivity index (χ0n) is 8.79. The molecule has 2 aromatic heterocycles. The van der Waals surface area contributed by atoms with Crippen molar-refractivity contribution in [2.24, 2.45) is 0 Å². The number of fused-ring (bicyclic) bond motifs is 3. The topological polar surface area (TPSA) is 52.2 Å².